The van der Waals surface area contributed by atoms with Crippen molar-refractivity contribution < 1.29 is 31.9 Å². The lowest BCUT2D eigenvalue weighted by molar-refractivity contribution is -0.143. The first-order valence-corrected chi connectivity index (χ1v) is 13.6. The SMILES string of the molecule is CCOC(=O)Cn1c(=NC(=O)CS(=O)(=O)CC(=O)N2CC(C)CC(C)C2)sc2cc(F)ccc21. The number of thiazole rings is 1. The van der Waals surface area contributed by atoms with E-state index in [4.69, 9.17) is 4.74 Å². The van der Waals surface area contributed by atoms with Crippen molar-refractivity contribution >= 4 is 49.2 Å². The molecule has 1 aromatic heterocycles. The molecule has 12 heteroatoms. The number of likely N-dealkylation sites (tertiary alicyclic amines) is 1. The van der Waals surface area contributed by atoms with Crippen LogP contribution < -0.4 is 4.80 Å². The van der Waals surface area contributed by atoms with Crippen LogP contribution in [-0.4, -0.2) is 66.9 Å². The van der Waals surface area contributed by atoms with Crippen molar-refractivity contribution in [1.29, 1.82) is 0 Å². The van der Waals surface area contributed by atoms with Crippen LogP contribution in [0.15, 0.2) is 23.2 Å². The number of piperidine rings is 1. The highest BCUT2D eigenvalue weighted by molar-refractivity contribution is 7.92. The number of carbonyl (C=O) groups excluding carboxylic acids is 3. The summed E-state index contributed by atoms with van der Waals surface area (Å²) in [6.45, 7) is 6.53. The fraction of sp³-hybridized carbons (Fsp3) is 0.545. The molecule has 3 rings (SSSR count). The number of benzene rings is 1. The number of hydrogen-bond acceptors (Lipinski definition) is 7. The second kappa shape index (κ2) is 10.8. The van der Waals surface area contributed by atoms with Crippen molar-refractivity contribution in [2.75, 3.05) is 31.2 Å². The first kappa shape index (κ1) is 26.0. The van der Waals surface area contributed by atoms with Gasteiger partial charge in [-0.3, -0.25) is 14.4 Å². The number of hydrogen-bond donors (Lipinski definition) is 0. The molecule has 2 amide bonds. The summed E-state index contributed by atoms with van der Waals surface area (Å²) in [5.41, 5.74) is 0.456. The molecule has 0 spiro atoms. The van der Waals surface area contributed by atoms with Crippen molar-refractivity contribution in [3.8, 4) is 0 Å². The molecule has 0 bridgehead atoms. The zero-order chi connectivity index (χ0) is 25.0. The predicted octanol–water partition coefficient (Wildman–Crippen LogP) is 1.75. The van der Waals surface area contributed by atoms with Crippen LogP contribution in [0, 0.1) is 17.7 Å². The van der Waals surface area contributed by atoms with Gasteiger partial charge in [-0.15, -0.1) is 0 Å². The minimum absolute atomic E-state index is 0.0406. The van der Waals surface area contributed by atoms with E-state index in [1.165, 1.54) is 27.7 Å². The number of aromatic nitrogens is 1. The lowest BCUT2D eigenvalue weighted by Crippen LogP contribution is -2.45. The van der Waals surface area contributed by atoms with Crippen LogP contribution in [0.4, 0.5) is 4.39 Å². The Balaban J connectivity index is 1.81. The maximum absolute atomic E-state index is 13.7. The van der Waals surface area contributed by atoms with Crippen LogP contribution >= 0.6 is 11.3 Å². The van der Waals surface area contributed by atoms with E-state index in [1.807, 2.05) is 13.8 Å². The molecule has 2 heterocycles. The number of sulfone groups is 1. The molecule has 1 fully saturated rings. The van der Waals surface area contributed by atoms with Crippen LogP contribution in [0.1, 0.15) is 27.2 Å². The fourth-order valence-electron chi connectivity index (χ4n) is 4.14. The van der Waals surface area contributed by atoms with E-state index >= 15 is 0 Å². The van der Waals surface area contributed by atoms with E-state index in [0.717, 1.165) is 17.8 Å². The minimum Gasteiger partial charge on any atom is -0.465 e. The largest absolute Gasteiger partial charge is 0.465 e. The van der Waals surface area contributed by atoms with Crippen LogP contribution in [-0.2, 0) is 35.5 Å². The Bertz CT molecular complexity index is 1260. The van der Waals surface area contributed by atoms with Crippen LogP contribution in [0.5, 0.6) is 0 Å². The summed E-state index contributed by atoms with van der Waals surface area (Å²) < 4.78 is 45.5. The number of carbonyl (C=O) groups is 3. The second-order valence-electron chi connectivity index (χ2n) is 8.67. The summed E-state index contributed by atoms with van der Waals surface area (Å²) in [4.78, 5) is 42.6. The molecule has 186 valence electrons. The number of fused-ring (bicyclic) bond motifs is 1. The predicted molar refractivity (Wildman–Crippen MR) is 125 cm³/mol. The number of esters is 1. The van der Waals surface area contributed by atoms with Crippen molar-refractivity contribution in [3.05, 3.63) is 28.8 Å². The second-order valence-corrected chi connectivity index (χ2v) is 11.7. The Morgan fingerprint density at radius 1 is 1.18 bits per heavy atom. The lowest BCUT2D eigenvalue weighted by atomic mass is 9.92. The zero-order valence-electron chi connectivity index (χ0n) is 19.3. The van der Waals surface area contributed by atoms with Crippen molar-refractivity contribution in [2.45, 2.75) is 33.7 Å². The summed E-state index contributed by atoms with van der Waals surface area (Å²) in [5, 5.41) is 0. The first-order valence-electron chi connectivity index (χ1n) is 11.0. The summed E-state index contributed by atoms with van der Waals surface area (Å²) in [5.74, 6) is -3.74. The van der Waals surface area contributed by atoms with Crippen molar-refractivity contribution in [1.82, 2.24) is 9.47 Å². The normalized spacial score (nSPS) is 19.4. The van der Waals surface area contributed by atoms with Gasteiger partial charge in [-0.05, 0) is 43.4 Å². The van der Waals surface area contributed by atoms with Gasteiger partial charge in [0.1, 0.15) is 23.9 Å². The van der Waals surface area contributed by atoms with Crippen LogP contribution in [0.25, 0.3) is 10.2 Å². The molecule has 0 saturated carbocycles. The Kier molecular flexibility index (Phi) is 8.24. The summed E-state index contributed by atoms with van der Waals surface area (Å²) >= 11 is 0.947. The quantitative estimate of drug-likeness (QED) is 0.521. The molecule has 9 nitrogen and oxygen atoms in total. The van der Waals surface area contributed by atoms with Gasteiger partial charge < -0.3 is 14.2 Å². The molecule has 2 atom stereocenters. The third-order valence-corrected chi connectivity index (χ3v) is 7.78. The molecule has 1 saturated heterocycles. The highest BCUT2D eigenvalue weighted by atomic mass is 32.2. The highest BCUT2D eigenvalue weighted by Gasteiger charge is 2.29. The van der Waals surface area contributed by atoms with E-state index in [-0.39, 0.29) is 29.8 Å². The maximum Gasteiger partial charge on any atom is 0.326 e. The van der Waals surface area contributed by atoms with E-state index in [2.05, 4.69) is 4.99 Å². The molecule has 1 aliphatic rings. The third-order valence-electron chi connectivity index (χ3n) is 5.37. The van der Waals surface area contributed by atoms with Crippen LogP contribution in [0.2, 0.25) is 0 Å². The standard InChI is InChI=1S/C22H28FN3O6S2/c1-4-32-21(29)11-26-17-6-5-16(23)8-18(17)33-22(26)24-19(27)12-34(30,31)13-20(28)25-9-14(2)7-15(3)10-25/h5-6,8,14-15H,4,7,9-13H2,1-3H3. The smallest absolute Gasteiger partial charge is 0.326 e. The van der Waals surface area contributed by atoms with Gasteiger partial charge in [0, 0.05) is 13.1 Å². The fourth-order valence-corrected chi connectivity index (χ4v) is 6.32. The lowest BCUT2D eigenvalue weighted by Gasteiger charge is -2.34. The van der Waals surface area contributed by atoms with Gasteiger partial charge in [-0.25, -0.2) is 12.8 Å². The monoisotopic (exact) mass is 513 g/mol. The number of ether oxygens (including phenoxy) is 1. The number of halogens is 1. The Morgan fingerprint density at radius 3 is 2.50 bits per heavy atom. The average molecular weight is 514 g/mol. The first-order chi connectivity index (χ1) is 16.0. The van der Waals surface area contributed by atoms with Gasteiger partial charge in [0.15, 0.2) is 14.6 Å². The van der Waals surface area contributed by atoms with E-state index in [9.17, 15) is 27.2 Å². The molecule has 0 aliphatic carbocycles. The Morgan fingerprint density at radius 2 is 1.85 bits per heavy atom. The summed E-state index contributed by atoms with van der Waals surface area (Å²) in [6.07, 6.45) is 0.971. The Labute approximate surface area is 201 Å². The molecular formula is C22H28FN3O6S2. The van der Waals surface area contributed by atoms with Crippen LogP contribution in [0.3, 0.4) is 0 Å². The van der Waals surface area contributed by atoms with Crippen molar-refractivity contribution in [3.63, 3.8) is 0 Å². The molecule has 1 aromatic carbocycles. The molecule has 2 unspecified atom stereocenters. The van der Waals surface area contributed by atoms with Crippen molar-refractivity contribution in [2.24, 2.45) is 16.8 Å². The molecular weight excluding hydrogens is 485 g/mol. The van der Waals surface area contributed by atoms with Gasteiger partial charge in [0.25, 0.3) is 5.91 Å². The molecule has 2 aromatic rings. The number of nitrogens with zero attached hydrogens (tertiary/aromatic N) is 3. The molecule has 0 radical (unpaired) electrons. The average Bonchev–Trinajstić information content (AvgIpc) is 3.02. The maximum atomic E-state index is 13.7. The van der Waals surface area contributed by atoms with Gasteiger partial charge in [-0.2, -0.15) is 4.99 Å². The van der Waals surface area contributed by atoms with E-state index in [1.54, 1.807) is 6.92 Å². The topological polar surface area (TPSA) is 115 Å². The van der Waals surface area contributed by atoms with Gasteiger partial charge in [0.2, 0.25) is 5.91 Å². The molecule has 34 heavy (non-hydrogen) atoms. The van der Waals surface area contributed by atoms with Gasteiger partial charge in [-0.1, -0.05) is 25.2 Å². The molecule has 1 aliphatic heterocycles. The van der Waals surface area contributed by atoms with E-state index < -0.39 is 44.9 Å². The highest BCUT2D eigenvalue weighted by Crippen LogP contribution is 2.21. The minimum atomic E-state index is -4.06. The number of amides is 2. The summed E-state index contributed by atoms with van der Waals surface area (Å²) in [7, 11) is -4.06. The molecule has 0 N–H and O–H groups in total. The van der Waals surface area contributed by atoms with E-state index in [0.29, 0.717) is 23.3 Å². The third kappa shape index (κ3) is 6.72. The number of rotatable bonds is 7. The van der Waals surface area contributed by atoms with Gasteiger partial charge in [0.05, 0.1) is 16.8 Å². The zero-order valence-corrected chi connectivity index (χ0v) is 21.0. The van der Waals surface area contributed by atoms with Gasteiger partial charge >= 0.3 is 5.97 Å². The Hall–Kier alpha value is -2.60. The summed E-state index contributed by atoms with van der Waals surface area (Å²) in [6, 6.07) is 3.89.